The van der Waals surface area contributed by atoms with Crippen molar-refractivity contribution in [3.8, 4) is 0 Å². The van der Waals surface area contributed by atoms with Crippen LogP contribution in [-0.4, -0.2) is 27.2 Å². The molecular weight excluding hydrogens is 352 g/mol. The van der Waals surface area contributed by atoms with E-state index in [-0.39, 0.29) is 0 Å². The van der Waals surface area contributed by atoms with Gasteiger partial charge in [-0.2, -0.15) is 0 Å². The molecule has 6 heteroatoms. The second-order valence-corrected chi connectivity index (χ2v) is 7.33. The van der Waals surface area contributed by atoms with Crippen LogP contribution in [0.15, 0.2) is 53.6 Å². The Morgan fingerprint density at radius 3 is 2.96 bits per heavy atom. The minimum Gasteiger partial charge on any atom is -0.368 e. The number of hydrogen-bond donors (Lipinski definition) is 2. The van der Waals surface area contributed by atoms with Crippen LogP contribution < -0.4 is 5.32 Å². The number of aryl methyl sites for hydroxylation is 1. The zero-order valence-corrected chi connectivity index (χ0v) is 15.3. The number of rotatable bonds is 5. The average Bonchev–Trinajstić information content (AvgIpc) is 2.94. The fourth-order valence-electron chi connectivity index (χ4n) is 2.84. The highest BCUT2D eigenvalue weighted by molar-refractivity contribution is 7.99. The van der Waals surface area contributed by atoms with Gasteiger partial charge in [0.25, 0.3) is 0 Å². The number of benzene rings is 2. The summed E-state index contributed by atoms with van der Waals surface area (Å²) in [6.45, 7) is 2.94. The minimum absolute atomic E-state index is 0.674. The Kier molecular flexibility index (Phi) is 4.51. The Balaban J connectivity index is 1.40. The molecular formula is C19H17ClN4S. The van der Waals surface area contributed by atoms with Gasteiger partial charge in [0.15, 0.2) is 0 Å². The van der Waals surface area contributed by atoms with Crippen molar-refractivity contribution in [2.24, 2.45) is 0 Å². The predicted octanol–water partition coefficient (Wildman–Crippen LogP) is 5.28. The number of fused-ring (bicyclic) bond motifs is 2. The van der Waals surface area contributed by atoms with Crippen LogP contribution in [0.25, 0.3) is 21.9 Å². The van der Waals surface area contributed by atoms with Gasteiger partial charge < -0.3 is 10.3 Å². The van der Waals surface area contributed by atoms with Gasteiger partial charge in [-0.3, -0.25) is 4.98 Å². The van der Waals surface area contributed by atoms with Crippen molar-refractivity contribution in [1.29, 1.82) is 0 Å². The molecule has 2 aromatic carbocycles. The smallest absolute Gasteiger partial charge is 0.145 e. The summed E-state index contributed by atoms with van der Waals surface area (Å²) in [4.78, 5) is 13.7. The molecule has 0 aliphatic carbocycles. The van der Waals surface area contributed by atoms with Gasteiger partial charge in [-0.05, 0) is 31.2 Å². The van der Waals surface area contributed by atoms with Crippen LogP contribution in [0.2, 0.25) is 5.02 Å². The summed E-state index contributed by atoms with van der Waals surface area (Å²) in [6, 6.07) is 14.0. The van der Waals surface area contributed by atoms with E-state index in [4.69, 9.17) is 11.6 Å². The first-order valence-electron chi connectivity index (χ1n) is 8.07. The number of thioether (sulfide) groups is 1. The molecule has 0 unspecified atom stereocenters. The molecule has 0 aliphatic heterocycles. The molecule has 0 amide bonds. The Morgan fingerprint density at radius 1 is 1.16 bits per heavy atom. The second-order valence-electron chi connectivity index (χ2n) is 5.79. The van der Waals surface area contributed by atoms with Gasteiger partial charge in [-0.15, -0.1) is 11.8 Å². The van der Waals surface area contributed by atoms with E-state index in [2.05, 4.69) is 51.5 Å². The lowest BCUT2D eigenvalue weighted by molar-refractivity contribution is 1.16. The van der Waals surface area contributed by atoms with Crippen molar-refractivity contribution in [3.05, 3.63) is 59.4 Å². The fourth-order valence-corrected chi connectivity index (χ4v) is 4.01. The first kappa shape index (κ1) is 16.2. The number of aromatic nitrogens is 3. The molecule has 4 rings (SSSR count). The third-order valence-electron chi connectivity index (χ3n) is 3.99. The first-order valence-corrected chi connectivity index (χ1v) is 9.43. The van der Waals surface area contributed by atoms with Gasteiger partial charge in [-0.1, -0.05) is 29.8 Å². The van der Waals surface area contributed by atoms with Crippen molar-refractivity contribution in [3.63, 3.8) is 0 Å². The van der Waals surface area contributed by atoms with Crippen molar-refractivity contribution < 1.29 is 0 Å². The largest absolute Gasteiger partial charge is 0.368 e. The molecule has 0 saturated heterocycles. The van der Waals surface area contributed by atoms with E-state index in [1.165, 1.54) is 21.5 Å². The third-order valence-corrected chi connectivity index (χ3v) is 5.45. The van der Waals surface area contributed by atoms with E-state index in [0.29, 0.717) is 5.02 Å². The molecule has 0 fully saturated rings. The predicted molar refractivity (Wildman–Crippen MR) is 107 cm³/mol. The molecule has 0 radical (unpaired) electrons. The lowest BCUT2D eigenvalue weighted by atomic mass is 10.2. The van der Waals surface area contributed by atoms with Crippen molar-refractivity contribution in [1.82, 2.24) is 15.0 Å². The van der Waals surface area contributed by atoms with Gasteiger partial charge in [0.05, 0.1) is 17.2 Å². The Bertz CT molecular complexity index is 1040. The number of nitrogens with one attached hydrogen (secondary N) is 2. The molecule has 0 bridgehead atoms. The topological polar surface area (TPSA) is 53.6 Å². The lowest BCUT2D eigenvalue weighted by Gasteiger charge is -2.06. The van der Waals surface area contributed by atoms with Gasteiger partial charge in [0.2, 0.25) is 0 Å². The highest BCUT2D eigenvalue weighted by Gasteiger charge is 2.08. The normalized spacial score (nSPS) is 11.3. The van der Waals surface area contributed by atoms with Crippen LogP contribution in [-0.2, 0) is 0 Å². The third kappa shape index (κ3) is 3.43. The highest BCUT2D eigenvalue weighted by Crippen LogP contribution is 2.31. The van der Waals surface area contributed by atoms with Crippen LogP contribution in [0.3, 0.4) is 0 Å². The molecule has 4 nitrogen and oxygen atoms in total. The first-order chi connectivity index (χ1) is 12.2. The molecule has 0 atom stereocenters. The van der Waals surface area contributed by atoms with Crippen molar-refractivity contribution >= 4 is 51.1 Å². The standard InChI is InChI=1S/C19H17ClN4S/c1-12-19(14-4-2-3-5-15(14)23-12)25-9-8-21-18-11-22-17-10-13(20)6-7-16(17)24-18/h2-7,10-11,23H,8-9H2,1H3,(H,21,24). The minimum atomic E-state index is 0.674. The van der Waals surface area contributed by atoms with Gasteiger partial charge in [-0.25, -0.2) is 4.98 Å². The summed E-state index contributed by atoms with van der Waals surface area (Å²) in [6.07, 6.45) is 1.75. The summed E-state index contributed by atoms with van der Waals surface area (Å²) >= 11 is 7.82. The van der Waals surface area contributed by atoms with Crippen molar-refractivity contribution in [2.45, 2.75) is 11.8 Å². The van der Waals surface area contributed by atoms with E-state index in [1.807, 2.05) is 30.0 Å². The molecule has 126 valence electrons. The van der Waals surface area contributed by atoms with Crippen LogP contribution in [0.5, 0.6) is 0 Å². The van der Waals surface area contributed by atoms with Gasteiger partial charge in [0, 0.05) is 38.8 Å². The maximum Gasteiger partial charge on any atom is 0.145 e. The molecule has 25 heavy (non-hydrogen) atoms. The average molecular weight is 369 g/mol. The summed E-state index contributed by atoms with van der Waals surface area (Å²) in [7, 11) is 0. The monoisotopic (exact) mass is 368 g/mol. The number of para-hydroxylation sites is 1. The SMILES string of the molecule is Cc1[nH]c2ccccc2c1SCCNc1cnc2cc(Cl)ccc2n1. The van der Waals surface area contributed by atoms with E-state index < -0.39 is 0 Å². The number of H-pyrrole nitrogens is 1. The Morgan fingerprint density at radius 2 is 2.04 bits per heavy atom. The molecule has 2 heterocycles. The Hall–Kier alpha value is -2.24. The second kappa shape index (κ2) is 6.94. The number of anilines is 1. The molecule has 2 aromatic heterocycles. The number of halogens is 1. The van der Waals surface area contributed by atoms with E-state index in [9.17, 15) is 0 Å². The summed E-state index contributed by atoms with van der Waals surface area (Å²) < 4.78 is 0. The van der Waals surface area contributed by atoms with Crippen LogP contribution in [0.4, 0.5) is 5.82 Å². The molecule has 0 spiro atoms. The lowest BCUT2D eigenvalue weighted by Crippen LogP contribution is -2.06. The molecule has 2 N–H and O–H groups in total. The van der Waals surface area contributed by atoms with E-state index in [1.54, 1.807) is 6.20 Å². The van der Waals surface area contributed by atoms with Crippen LogP contribution in [0.1, 0.15) is 5.69 Å². The van der Waals surface area contributed by atoms with Crippen molar-refractivity contribution in [2.75, 3.05) is 17.6 Å². The zero-order valence-electron chi connectivity index (χ0n) is 13.7. The summed E-state index contributed by atoms with van der Waals surface area (Å²) in [5.74, 6) is 1.73. The summed E-state index contributed by atoms with van der Waals surface area (Å²) in [5, 5.41) is 5.30. The van der Waals surface area contributed by atoms with Gasteiger partial charge in [0.1, 0.15) is 5.82 Å². The highest BCUT2D eigenvalue weighted by atomic mass is 35.5. The van der Waals surface area contributed by atoms with Gasteiger partial charge >= 0.3 is 0 Å². The zero-order chi connectivity index (χ0) is 17.2. The number of aromatic amines is 1. The summed E-state index contributed by atoms with van der Waals surface area (Å²) in [5.41, 5.74) is 4.06. The maximum atomic E-state index is 5.98. The van der Waals surface area contributed by atoms with Crippen LogP contribution >= 0.6 is 23.4 Å². The maximum absolute atomic E-state index is 5.98. The Labute approximate surface area is 155 Å². The van der Waals surface area contributed by atoms with E-state index in [0.717, 1.165) is 29.1 Å². The fraction of sp³-hybridized carbons (Fsp3) is 0.158. The number of nitrogens with zero attached hydrogens (tertiary/aromatic N) is 2. The molecule has 0 aliphatic rings. The molecule has 0 saturated carbocycles. The van der Waals surface area contributed by atoms with Crippen LogP contribution in [0, 0.1) is 6.92 Å². The quantitative estimate of drug-likeness (QED) is 0.372. The van der Waals surface area contributed by atoms with E-state index >= 15 is 0 Å². The molecule has 4 aromatic rings. The number of hydrogen-bond acceptors (Lipinski definition) is 4.